The largest absolute Gasteiger partial charge is 0.456 e. The van der Waals surface area contributed by atoms with Gasteiger partial charge in [-0.3, -0.25) is 9.59 Å². The Balaban J connectivity index is 1.43. The van der Waals surface area contributed by atoms with E-state index in [-0.39, 0.29) is 17.1 Å². The highest BCUT2D eigenvalue weighted by molar-refractivity contribution is 6.05. The van der Waals surface area contributed by atoms with Crippen LogP contribution >= 0.6 is 0 Å². The number of para-hydroxylation sites is 1. The fourth-order valence-electron chi connectivity index (χ4n) is 3.70. The Bertz CT molecular complexity index is 1470. The number of amides is 1. The van der Waals surface area contributed by atoms with Gasteiger partial charge in [0.2, 0.25) is 0 Å². The second-order valence-electron chi connectivity index (χ2n) is 8.07. The van der Waals surface area contributed by atoms with Gasteiger partial charge in [0.25, 0.3) is 5.91 Å². The maximum atomic E-state index is 12.8. The molecule has 2 heterocycles. The molecule has 0 unspecified atom stereocenters. The lowest BCUT2D eigenvalue weighted by Gasteiger charge is -2.08. The number of furan rings is 1. The Morgan fingerprint density at radius 3 is 2.38 bits per heavy atom. The minimum absolute atomic E-state index is 0.172. The van der Waals surface area contributed by atoms with Crippen LogP contribution in [-0.2, 0) is 0 Å². The number of benzene rings is 3. The summed E-state index contributed by atoms with van der Waals surface area (Å²) in [7, 11) is 0. The Morgan fingerprint density at radius 1 is 0.844 bits per heavy atom. The van der Waals surface area contributed by atoms with E-state index in [1.807, 2.05) is 42.5 Å². The van der Waals surface area contributed by atoms with Gasteiger partial charge in [0.1, 0.15) is 16.9 Å². The smallest absolute Gasteiger partial charge is 0.291 e. The molecule has 0 bridgehead atoms. The monoisotopic (exact) mass is 423 g/mol. The van der Waals surface area contributed by atoms with Crippen LogP contribution in [0.25, 0.3) is 33.3 Å². The van der Waals surface area contributed by atoms with E-state index in [9.17, 15) is 9.59 Å². The number of carbonyl (C=O) groups is 1. The molecule has 0 spiro atoms. The van der Waals surface area contributed by atoms with E-state index in [0.29, 0.717) is 33.9 Å². The standard InChI is InChI=1S/C27H21NO4/c1-16(2)17-7-9-18(10-8-17)25-15-22(29)21-14-20(11-12-24(21)32-25)28-27(30)26-13-19-5-3-4-6-23(19)31-26/h3-16H,1-2H3,(H,28,30). The molecule has 1 amide bonds. The number of nitrogens with one attached hydrogen (secondary N) is 1. The average molecular weight is 423 g/mol. The van der Waals surface area contributed by atoms with Gasteiger partial charge in [-0.1, -0.05) is 56.3 Å². The summed E-state index contributed by atoms with van der Waals surface area (Å²) in [4.78, 5) is 25.4. The van der Waals surface area contributed by atoms with Gasteiger partial charge >= 0.3 is 0 Å². The van der Waals surface area contributed by atoms with Crippen LogP contribution in [0.4, 0.5) is 5.69 Å². The maximum Gasteiger partial charge on any atom is 0.291 e. The molecule has 158 valence electrons. The van der Waals surface area contributed by atoms with E-state index in [1.54, 1.807) is 30.3 Å². The first-order chi connectivity index (χ1) is 15.5. The molecule has 0 atom stereocenters. The van der Waals surface area contributed by atoms with E-state index in [2.05, 4.69) is 19.2 Å². The fraction of sp³-hybridized carbons (Fsp3) is 0.111. The number of carbonyl (C=O) groups excluding carboxylic acids is 1. The van der Waals surface area contributed by atoms with E-state index in [4.69, 9.17) is 8.83 Å². The SMILES string of the molecule is CC(C)c1ccc(-c2cc(=O)c3cc(NC(=O)c4cc5ccccc5o4)ccc3o2)cc1. The van der Waals surface area contributed by atoms with Crippen molar-refractivity contribution < 1.29 is 13.6 Å². The summed E-state index contributed by atoms with van der Waals surface area (Å²) in [6.45, 7) is 4.27. The van der Waals surface area contributed by atoms with Crippen LogP contribution in [0.1, 0.15) is 35.9 Å². The third-order valence-corrected chi connectivity index (χ3v) is 5.50. The summed E-state index contributed by atoms with van der Waals surface area (Å²) in [6.07, 6.45) is 0. The normalized spacial score (nSPS) is 11.3. The Labute approximate surface area is 184 Å². The van der Waals surface area contributed by atoms with E-state index < -0.39 is 0 Å². The zero-order valence-corrected chi connectivity index (χ0v) is 17.7. The molecule has 5 rings (SSSR count). The van der Waals surface area contributed by atoms with E-state index in [0.717, 1.165) is 10.9 Å². The van der Waals surface area contributed by atoms with Gasteiger partial charge in [-0.15, -0.1) is 0 Å². The third kappa shape index (κ3) is 3.69. The molecule has 3 aromatic carbocycles. The Hall–Kier alpha value is -4.12. The summed E-state index contributed by atoms with van der Waals surface area (Å²) in [6, 6.07) is 23.6. The van der Waals surface area contributed by atoms with Gasteiger partial charge in [0, 0.05) is 22.7 Å². The minimum Gasteiger partial charge on any atom is -0.456 e. The van der Waals surface area contributed by atoms with Crippen LogP contribution < -0.4 is 10.7 Å². The highest BCUT2D eigenvalue weighted by Crippen LogP contribution is 2.26. The molecule has 0 saturated carbocycles. The fourth-order valence-corrected chi connectivity index (χ4v) is 3.70. The lowest BCUT2D eigenvalue weighted by atomic mass is 10.0. The van der Waals surface area contributed by atoms with Crippen molar-refractivity contribution in [1.82, 2.24) is 0 Å². The van der Waals surface area contributed by atoms with Crippen LogP contribution in [0.5, 0.6) is 0 Å². The second-order valence-corrected chi connectivity index (χ2v) is 8.07. The summed E-state index contributed by atoms with van der Waals surface area (Å²) in [5.41, 5.74) is 3.49. The third-order valence-electron chi connectivity index (χ3n) is 5.50. The van der Waals surface area contributed by atoms with Crippen molar-refractivity contribution in [2.75, 3.05) is 5.32 Å². The van der Waals surface area contributed by atoms with E-state index >= 15 is 0 Å². The number of hydrogen-bond acceptors (Lipinski definition) is 4. The van der Waals surface area contributed by atoms with E-state index in [1.165, 1.54) is 11.6 Å². The van der Waals surface area contributed by atoms with Crippen LogP contribution in [0, 0.1) is 0 Å². The van der Waals surface area contributed by atoms with Gasteiger partial charge in [-0.25, -0.2) is 0 Å². The summed E-state index contributed by atoms with van der Waals surface area (Å²) >= 11 is 0. The van der Waals surface area contributed by atoms with Gasteiger partial charge in [0.15, 0.2) is 11.2 Å². The molecule has 5 heteroatoms. The van der Waals surface area contributed by atoms with Crippen molar-refractivity contribution in [3.8, 4) is 11.3 Å². The Kier molecular flexibility index (Phi) is 4.86. The molecule has 2 aromatic heterocycles. The van der Waals surface area contributed by atoms with Crippen molar-refractivity contribution in [2.24, 2.45) is 0 Å². The zero-order valence-electron chi connectivity index (χ0n) is 17.7. The summed E-state index contributed by atoms with van der Waals surface area (Å²) in [5.74, 6) is 0.767. The topological polar surface area (TPSA) is 72.5 Å². The lowest BCUT2D eigenvalue weighted by Crippen LogP contribution is -2.11. The average Bonchev–Trinajstić information content (AvgIpc) is 3.24. The van der Waals surface area contributed by atoms with Crippen molar-refractivity contribution in [3.63, 3.8) is 0 Å². The van der Waals surface area contributed by atoms with Crippen LogP contribution in [0.3, 0.4) is 0 Å². The predicted molar refractivity (Wildman–Crippen MR) is 126 cm³/mol. The molecular weight excluding hydrogens is 402 g/mol. The number of fused-ring (bicyclic) bond motifs is 2. The summed E-state index contributed by atoms with van der Waals surface area (Å²) in [5, 5.41) is 4.04. The quantitative estimate of drug-likeness (QED) is 0.354. The zero-order chi connectivity index (χ0) is 22.2. The van der Waals surface area contributed by atoms with Crippen molar-refractivity contribution >= 4 is 33.5 Å². The maximum absolute atomic E-state index is 12.8. The molecular formula is C27H21NO4. The predicted octanol–water partition coefficient (Wildman–Crippen LogP) is 6.58. The molecule has 0 fully saturated rings. The minimum atomic E-state index is -0.383. The van der Waals surface area contributed by atoms with Crippen molar-refractivity contribution in [2.45, 2.75) is 19.8 Å². The van der Waals surface area contributed by atoms with Crippen LogP contribution in [0.15, 0.2) is 92.5 Å². The number of rotatable bonds is 4. The molecule has 32 heavy (non-hydrogen) atoms. The van der Waals surface area contributed by atoms with Crippen LogP contribution in [-0.4, -0.2) is 5.91 Å². The lowest BCUT2D eigenvalue weighted by molar-refractivity contribution is 0.0998. The molecule has 0 radical (unpaired) electrons. The number of anilines is 1. The highest BCUT2D eigenvalue weighted by atomic mass is 16.3. The van der Waals surface area contributed by atoms with Crippen LogP contribution in [0.2, 0.25) is 0 Å². The molecule has 5 nitrogen and oxygen atoms in total. The molecule has 1 N–H and O–H groups in total. The molecule has 5 aromatic rings. The second kappa shape index (κ2) is 7.85. The summed E-state index contributed by atoms with van der Waals surface area (Å²) < 4.78 is 11.6. The molecule has 0 aliphatic heterocycles. The van der Waals surface area contributed by atoms with Gasteiger partial charge in [-0.05, 0) is 41.8 Å². The highest BCUT2D eigenvalue weighted by Gasteiger charge is 2.14. The first kappa shape index (κ1) is 19.8. The van der Waals surface area contributed by atoms with Crippen molar-refractivity contribution in [1.29, 1.82) is 0 Å². The molecule has 0 aliphatic carbocycles. The first-order valence-corrected chi connectivity index (χ1v) is 10.5. The molecule has 0 aliphatic rings. The number of hydrogen-bond donors (Lipinski definition) is 1. The Morgan fingerprint density at radius 2 is 1.62 bits per heavy atom. The first-order valence-electron chi connectivity index (χ1n) is 10.5. The van der Waals surface area contributed by atoms with Gasteiger partial charge in [0.05, 0.1) is 5.39 Å². The van der Waals surface area contributed by atoms with Crippen molar-refractivity contribution in [3.05, 3.63) is 100 Å². The molecule has 0 saturated heterocycles. The van der Waals surface area contributed by atoms with Gasteiger partial charge < -0.3 is 14.2 Å². The van der Waals surface area contributed by atoms with Gasteiger partial charge in [-0.2, -0.15) is 0 Å².